The molecule has 0 radical (unpaired) electrons. The number of hydrogen-bond acceptors (Lipinski definition) is 7. The van der Waals surface area contributed by atoms with E-state index in [4.69, 9.17) is 0 Å². The molecular weight excluding hydrogens is 386 g/mol. The number of carbonyl (C=O) groups excluding carboxylic acids is 1. The number of aliphatic hydroxyl groups excluding tert-OH is 1. The van der Waals surface area contributed by atoms with Gasteiger partial charge in [0, 0.05) is 38.6 Å². The lowest BCUT2D eigenvalue weighted by Crippen LogP contribution is -2.38. The molecule has 1 aromatic carbocycles. The number of rotatable bonds is 6. The molecule has 0 aliphatic carbocycles. The summed E-state index contributed by atoms with van der Waals surface area (Å²) in [5.74, 6) is -0.143. The zero-order valence-corrected chi connectivity index (χ0v) is 17.0. The molecule has 1 unspecified atom stereocenters. The number of aromatic nitrogens is 2. The van der Waals surface area contributed by atoms with Crippen LogP contribution in [0.3, 0.4) is 0 Å². The van der Waals surface area contributed by atoms with Gasteiger partial charge >= 0.3 is 0 Å². The van der Waals surface area contributed by atoms with Crippen LogP contribution in [-0.2, 0) is 13.1 Å². The molecular formula is C21H23N5O2S. The molecule has 0 bridgehead atoms. The van der Waals surface area contributed by atoms with Crippen LogP contribution in [0.1, 0.15) is 26.5 Å². The summed E-state index contributed by atoms with van der Waals surface area (Å²) >= 11 is 1.32. The van der Waals surface area contributed by atoms with E-state index in [1.807, 2.05) is 59.2 Å². The third kappa shape index (κ3) is 4.45. The van der Waals surface area contributed by atoms with E-state index in [9.17, 15) is 9.90 Å². The fourth-order valence-electron chi connectivity index (χ4n) is 3.32. The Labute approximate surface area is 173 Å². The molecule has 1 aliphatic rings. The van der Waals surface area contributed by atoms with E-state index >= 15 is 0 Å². The predicted octanol–water partition coefficient (Wildman–Crippen LogP) is 2.37. The Morgan fingerprint density at radius 1 is 1.21 bits per heavy atom. The van der Waals surface area contributed by atoms with Gasteiger partial charge < -0.3 is 15.3 Å². The molecule has 3 heterocycles. The average molecular weight is 410 g/mol. The summed E-state index contributed by atoms with van der Waals surface area (Å²) in [5.41, 5.74) is 2.77. The maximum absolute atomic E-state index is 12.6. The Morgan fingerprint density at radius 2 is 2.00 bits per heavy atom. The van der Waals surface area contributed by atoms with E-state index in [1.54, 1.807) is 12.4 Å². The maximum Gasteiger partial charge on any atom is 0.263 e. The molecule has 3 aromatic rings. The molecule has 1 atom stereocenters. The van der Waals surface area contributed by atoms with Crippen LogP contribution < -0.4 is 10.2 Å². The lowest BCUT2D eigenvalue weighted by Gasteiger charge is -2.24. The van der Waals surface area contributed by atoms with Crippen LogP contribution in [0.2, 0.25) is 0 Å². The highest BCUT2D eigenvalue weighted by molar-refractivity contribution is 7.17. The van der Waals surface area contributed by atoms with E-state index in [2.05, 4.69) is 15.3 Å². The number of benzene rings is 1. The number of nitrogens with one attached hydrogen (secondary N) is 1. The summed E-state index contributed by atoms with van der Waals surface area (Å²) in [6.45, 7) is 4.27. The van der Waals surface area contributed by atoms with Crippen molar-refractivity contribution in [3.63, 3.8) is 0 Å². The second kappa shape index (κ2) is 8.69. The number of amides is 1. The van der Waals surface area contributed by atoms with Gasteiger partial charge in [-0.15, -0.1) is 0 Å². The summed E-state index contributed by atoms with van der Waals surface area (Å²) in [7, 11) is 0. The van der Waals surface area contributed by atoms with Gasteiger partial charge in [0.25, 0.3) is 5.91 Å². The zero-order valence-electron chi connectivity index (χ0n) is 16.2. The van der Waals surface area contributed by atoms with Crippen molar-refractivity contribution >= 4 is 22.4 Å². The number of anilines is 1. The fraction of sp³-hybridized carbons (Fsp3) is 0.286. The van der Waals surface area contributed by atoms with Crippen LogP contribution in [0.15, 0.2) is 54.9 Å². The van der Waals surface area contributed by atoms with E-state index < -0.39 is 6.35 Å². The first kappa shape index (κ1) is 19.5. The molecule has 7 nitrogen and oxygen atoms in total. The highest BCUT2D eigenvalue weighted by Crippen LogP contribution is 2.30. The SMILES string of the molecule is Cc1nc(N2CCN(Cc3cccnc3)C2O)sc1C(=O)NCc1ccccc1. The van der Waals surface area contributed by atoms with Gasteiger partial charge in [0.2, 0.25) is 0 Å². The fourth-order valence-corrected chi connectivity index (χ4v) is 4.35. The third-order valence-corrected chi connectivity index (χ3v) is 6.07. The molecule has 1 aliphatic heterocycles. The average Bonchev–Trinajstić information content (AvgIpc) is 3.30. The molecule has 2 N–H and O–H groups in total. The summed E-state index contributed by atoms with van der Waals surface area (Å²) in [6.07, 6.45) is 2.76. The summed E-state index contributed by atoms with van der Waals surface area (Å²) in [4.78, 5) is 25.7. The molecule has 1 fully saturated rings. The highest BCUT2D eigenvalue weighted by Gasteiger charge is 2.33. The first-order valence-corrected chi connectivity index (χ1v) is 10.3. The molecule has 2 aromatic heterocycles. The summed E-state index contributed by atoms with van der Waals surface area (Å²) in [6, 6.07) is 13.7. The second-order valence-corrected chi connectivity index (χ2v) is 7.93. The first-order valence-electron chi connectivity index (χ1n) is 9.49. The Hall–Kier alpha value is -2.81. The van der Waals surface area contributed by atoms with E-state index in [-0.39, 0.29) is 5.91 Å². The van der Waals surface area contributed by atoms with Gasteiger partial charge in [-0.1, -0.05) is 47.7 Å². The van der Waals surface area contributed by atoms with Gasteiger partial charge in [0.1, 0.15) is 4.88 Å². The maximum atomic E-state index is 12.6. The number of aryl methyl sites for hydroxylation is 1. The number of carbonyl (C=O) groups is 1. The molecule has 0 spiro atoms. The van der Waals surface area contributed by atoms with Crippen molar-refractivity contribution in [1.29, 1.82) is 0 Å². The Morgan fingerprint density at radius 3 is 2.76 bits per heavy atom. The molecule has 150 valence electrons. The summed E-state index contributed by atoms with van der Waals surface area (Å²) < 4.78 is 0. The zero-order chi connectivity index (χ0) is 20.2. The van der Waals surface area contributed by atoms with Gasteiger partial charge in [0.15, 0.2) is 11.5 Å². The minimum Gasteiger partial charge on any atom is -0.361 e. The number of pyridine rings is 1. The number of thiazole rings is 1. The Balaban J connectivity index is 1.41. The minimum absolute atomic E-state index is 0.143. The first-order chi connectivity index (χ1) is 14.1. The van der Waals surface area contributed by atoms with Crippen LogP contribution in [0.4, 0.5) is 5.13 Å². The van der Waals surface area contributed by atoms with Gasteiger partial charge in [-0.3, -0.25) is 14.7 Å². The van der Waals surface area contributed by atoms with Crippen LogP contribution in [0.25, 0.3) is 0 Å². The number of aliphatic hydroxyl groups is 1. The lowest BCUT2D eigenvalue weighted by molar-refractivity contribution is 0.0342. The second-order valence-electron chi connectivity index (χ2n) is 6.95. The van der Waals surface area contributed by atoms with Crippen molar-refractivity contribution in [3.8, 4) is 0 Å². The van der Waals surface area contributed by atoms with Crippen molar-refractivity contribution < 1.29 is 9.90 Å². The monoisotopic (exact) mass is 409 g/mol. The van der Waals surface area contributed by atoms with Crippen molar-refractivity contribution in [2.24, 2.45) is 0 Å². The Bertz CT molecular complexity index is 964. The van der Waals surface area contributed by atoms with Crippen LogP contribution >= 0.6 is 11.3 Å². The van der Waals surface area contributed by atoms with Crippen LogP contribution in [0, 0.1) is 6.92 Å². The largest absolute Gasteiger partial charge is 0.361 e. The standard InChI is InChI=1S/C21H23N5O2S/c1-15-18(19(27)23-13-16-6-3-2-4-7-16)29-20(24-15)26-11-10-25(21(26)28)14-17-8-5-9-22-12-17/h2-9,12,21,28H,10-11,13-14H2,1H3,(H,23,27). The van der Waals surface area contributed by atoms with Crippen LogP contribution in [-0.4, -0.2) is 45.3 Å². The Kier molecular flexibility index (Phi) is 5.84. The molecule has 1 amide bonds. The van der Waals surface area contributed by atoms with E-state index in [0.29, 0.717) is 41.9 Å². The molecule has 0 saturated carbocycles. The number of hydrogen-bond donors (Lipinski definition) is 2. The van der Waals surface area contributed by atoms with Crippen molar-refractivity contribution in [1.82, 2.24) is 20.2 Å². The van der Waals surface area contributed by atoms with Crippen molar-refractivity contribution in [2.75, 3.05) is 18.0 Å². The van der Waals surface area contributed by atoms with Crippen molar-refractivity contribution in [3.05, 3.63) is 76.6 Å². The van der Waals surface area contributed by atoms with Crippen LogP contribution in [0.5, 0.6) is 0 Å². The minimum atomic E-state index is -0.777. The van der Waals surface area contributed by atoms with Gasteiger partial charge in [-0.05, 0) is 24.1 Å². The van der Waals surface area contributed by atoms with Crippen molar-refractivity contribution in [2.45, 2.75) is 26.4 Å². The van der Waals surface area contributed by atoms with Gasteiger partial charge in [-0.2, -0.15) is 0 Å². The smallest absolute Gasteiger partial charge is 0.263 e. The highest BCUT2D eigenvalue weighted by atomic mass is 32.1. The molecule has 4 rings (SSSR count). The van der Waals surface area contributed by atoms with Gasteiger partial charge in [-0.25, -0.2) is 4.98 Å². The third-order valence-electron chi connectivity index (χ3n) is 4.88. The topological polar surface area (TPSA) is 81.6 Å². The number of nitrogens with zero attached hydrogens (tertiary/aromatic N) is 4. The predicted molar refractivity (Wildman–Crippen MR) is 112 cm³/mol. The summed E-state index contributed by atoms with van der Waals surface area (Å²) in [5, 5.41) is 14.4. The molecule has 1 saturated heterocycles. The van der Waals surface area contributed by atoms with E-state index in [0.717, 1.165) is 11.1 Å². The normalized spacial score (nSPS) is 16.9. The van der Waals surface area contributed by atoms with E-state index in [1.165, 1.54) is 11.3 Å². The molecule has 29 heavy (non-hydrogen) atoms. The lowest BCUT2D eigenvalue weighted by atomic mass is 10.2. The molecule has 8 heteroatoms. The van der Waals surface area contributed by atoms with Gasteiger partial charge in [0.05, 0.1) is 5.69 Å². The quantitative estimate of drug-likeness (QED) is 0.651.